The molecule has 4 aromatic carbocycles. The summed E-state index contributed by atoms with van der Waals surface area (Å²) in [6.45, 7) is 2.08. The van der Waals surface area contributed by atoms with E-state index in [0.717, 1.165) is 33.9 Å². The Bertz CT molecular complexity index is 1240. The summed E-state index contributed by atoms with van der Waals surface area (Å²) < 4.78 is 6.48. The van der Waals surface area contributed by atoms with Gasteiger partial charge in [0.1, 0.15) is 11.5 Å². The van der Waals surface area contributed by atoms with E-state index in [-0.39, 0.29) is 5.92 Å². The van der Waals surface area contributed by atoms with Crippen LogP contribution in [-0.2, 0) is 0 Å². The van der Waals surface area contributed by atoms with E-state index in [1.165, 1.54) is 11.1 Å². The number of ether oxygens (including phenoxy) is 1. The zero-order valence-corrected chi connectivity index (χ0v) is 17.4. The maximum absolute atomic E-state index is 6.48. The maximum Gasteiger partial charge on any atom is 0.140 e. The minimum Gasteiger partial charge on any atom is -0.456 e. The van der Waals surface area contributed by atoms with Crippen molar-refractivity contribution in [2.45, 2.75) is 12.8 Å². The molecule has 0 amide bonds. The van der Waals surface area contributed by atoms with Crippen LogP contribution in [0, 0.1) is 6.92 Å². The standard InChI is InChI=1S/C29H23NO/c1-21-16-18-24(19-17-21)30-20-26-28(22-10-4-2-5-11-22)25-14-8-9-15-27(25)31-29(26)23-12-6-3-7-13-23/h2-20,28H,1H3/t28-/m1/s1. The average molecular weight is 402 g/mol. The van der Waals surface area contributed by atoms with Crippen LogP contribution in [0.25, 0.3) is 5.76 Å². The van der Waals surface area contributed by atoms with Crippen LogP contribution in [0.2, 0.25) is 0 Å². The predicted molar refractivity (Wildman–Crippen MR) is 128 cm³/mol. The molecule has 0 bridgehead atoms. The summed E-state index contributed by atoms with van der Waals surface area (Å²) >= 11 is 0. The van der Waals surface area contributed by atoms with Gasteiger partial charge in [-0.2, -0.15) is 0 Å². The molecular formula is C29H23NO. The van der Waals surface area contributed by atoms with Crippen LogP contribution in [0.1, 0.15) is 28.2 Å². The Kier molecular flexibility index (Phi) is 5.20. The lowest BCUT2D eigenvalue weighted by Gasteiger charge is -2.30. The maximum atomic E-state index is 6.48. The zero-order chi connectivity index (χ0) is 21.0. The first-order chi connectivity index (χ1) is 15.3. The first-order valence-electron chi connectivity index (χ1n) is 10.5. The van der Waals surface area contributed by atoms with Crippen molar-refractivity contribution in [1.82, 2.24) is 0 Å². The molecule has 150 valence electrons. The molecule has 1 heterocycles. The van der Waals surface area contributed by atoms with Gasteiger partial charge in [-0.3, -0.25) is 4.99 Å². The van der Waals surface area contributed by atoms with E-state index < -0.39 is 0 Å². The minimum absolute atomic E-state index is 0.0376. The molecule has 2 nitrogen and oxygen atoms in total. The Labute approximate surface area is 183 Å². The summed E-state index contributed by atoms with van der Waals surface area (Å²) in [4.78, 5) is 4.83. The second-order valence-corrected chi connectivity index (χ2v) is 7.73. The zero-order valence-electron chi connectivity index (χ0n) is 17.4. The van der Waals surface area contributed by atoms with Crippen molar-refractivity contribution in [3.63, 3.8) is 0 Å². The second-order valence-electron chi connectivity index (χ2n) is 7.73. The fourth-order valence-corrected chi connectivity index (χ4v) is 4.01. The molecule has 2 heteroatoms. The summed E-state index contributed by atoms with van der Waals surface area (Å²) in [7, 11) is 0. The van der Waals surface area contributed by atoms with Gasteiger partial charge >= 0.3 is 0 Å². The SMILES string of the molecule is Cc1ccc(N=CC2=C(c3ccccc3)Oc3ccccc3[C@H]2c2ccccc2)cc1. The van der Waals surface area contributed by atoms with Gasteiger partial charge in [0, 0.05) is 28.8 Å². The van der Waals surface area contributed by atoms with Crippen molar-refractivity contribution in [3.8, 4) is 5.75 Å². The molecule has 0 radical (unpaired) electrons. The molecule has 31 heavy (non-hydrogen) atoms. The summed E-state index contributed by atoms with van der Waals surface area (Å²) in [5, 5.41) is 0. The van der Waals surface area contributed by atoms with Gasteiger partial charge in [0.05, 0.1) is 5.69 Å². The van der Waals surface area contributed by atoms with Crippen LogP contribution in [0.3, 0.4) is 0 Å². The Hall–Kier alpha value is -3.91. The van der Waals surface area contributed by atoms with E-state index in [4.69, 9.17) is 9.73 Å². The van der Waals surface area contributed by atoms with Gasteiger partial charge in [0.2, 0.25) is 0 Å². The fraction of sp³-hybridized carbons (Fsp3) is 0.0690. The van der Waals surface area contributed by atoms with Gasteiger partial charge in [-0.05, 0) is 30.7 Å². The highest BCUT2D eigenvalue weighted by atomic mass is 16.5. The van der Waals surface area contributed by atoms with Crippen molar-refractivity contribution >= 4 is 17.7 Å². The van der Waals surface area contributed by atoms with Gasteiger partial charge in [0.15, 0.2) is 0 Å². The first-order valence-corrected chi connectivity index (χ1v) is 10.5. The van der Waals surface area contributed by atoms with E-state index in [1.807, 2.05) is 48.7 Å². The third-order valence-corrected chi connectivity index (χ3v) is 5.57. The Morgan fingerprint density at radius 2 is 1.35 bits per heavy atom. The van der Waals surface area contributed by atoms with E-state index >= 15 is 0 Å². The number of rotatable bonds is 4. The number of aliphatic imine (C=N–C) groups is 1. The number of fused-ring (bicyclic) bond motifs is 1. The molecule has 1 aliphatic heterocycles. The number of allylic oxidation sites excluding steroid dienone is 1. The number of nitrogens with zero attached hydrogens (tertiary/aromatic N) is 1. The third kappa shape index (κ3) is 3.93. The van der Waals surface area contributed by atoms with Crippen LogP contribution in [0.4, 0.5) is 5.69 Å². The molecule has 0 aromatic heterocycles. The summed E-state index contributed by atoms with van der Waals surface area (Å²) in [6.07, 6.45) is 1.97. The second kappa shape index (κ2) is 8.45. The van der Waals surface area contributed by atoms with Crippen LogP contribution in [-0.4, -0.2) is 6.21 Å². The molecule has 0 fully saturated rings. The van der Waals surface area contributed by atoms with Gasteiger partial charge in [-0.25, -0.2) is 0 Å². The van der Waals surface area contributed by atoms with Crippen LogP contribution in [0.15, 0.2) is 120 Å². The van der Waals surface area contributed by atoms with Crippen LogP contribution >= 0.6 is 0 Å². The summed E-state index contributed by atoms with van der Waals surface area (Å²) in [5.74, 6) is 1.78. The van der Waals surface area contributed by atoms with Gasteiger partial charge in [-0.15, -0.1) is 0 Å². The Morgan fingerprint density at radius 1 is 0.710 bits per heavy atom. The summed E-state index contributed by atoms with van der Waals surface area (Å²) in [6, 6.07) is 37.4. The molecule has 1 atom stereocenters. The number of aryl methyl sites for hydroxylation is 1. The molecule has 0 unspecified atom stereocenters. The van der Waals surface area contributed by atoms with Gasteiger partial charge < -0.3 is 4.74 Å². The normalized spacial score (nSPS) is 15.6. The highest BCUT2D eigenvalue weighted by Gasteiger charge is 2.30. The largest absolute Gasteiger partial charge is 0.456 e. The molecule has 0 aliphatic carbocycles. The lowest BCUT2D eigenvalue weighted by atomic mass is 9.81. The quantitative estimate of drug-likeness (QED) is 0.328. The molecule has 0 N–H and O–H groups in total. The molecule has 5 rings (SSSR count). The molecule has 0 spiro atoms. The summed E-state index contributed by atoms with van der Waals surface area (Å²) in [5.41, 5.74) is 6.62. The van der Waals surface area contributed by atoms with Crippen LogP contribution in [0.5, 0.6) is 5.75 Å². The highest BCUT2D eigenvalue weighted by Crippen LogP contribution is 2.45. The lowest BCUT2D eigenvalue weighted by Crippen LogP contribution is -2.17. The number of hydrogen-bond donors (Lipinski definition) is 0. The number of para-hydroxylation sites is 1. The fourth-order valence-electron chi connectivity index (χ4n) is 4.01. The van der Waals surface area contributed by atoms with Crippen molar-refractivity contribution in [2.75, 3.05) is 0 Å². The molecule has 0 saturated heterocycles. The molecule has 0 saturated carbocycles. The van der Waals surface area contributed by atoms with E-state index in [1.54, 1.807) is 0 Å². The van der Waals surface area contributed by atoms with Gasteiger partial charge in [-0.1, -0.05) is 96.6 Å². The van der Waals surface area contributed by atoms with E-state index in [0.29, 0.717) is 0 Å². The molecular weight excluding hydrogens is 378 g/mol. The highest BCUT2D eigenvalue weighted by molar-refractivity contribution is 5.95. The molecule has 1 aliphatic rings. The van der Waals surface area contributed by atoms with E-state index in [2.05, 4.69) is 73.7 Å². The number of benzene rings is 4. The minimum atomic E-state index is 0.0376. The van der Waals surface area contributed by atoms with Crippen LogP contribution < -0.4 is 4.74 Å². The first kappa shape index (κ1) is 19.1. The van der Waals surface area contributed by atoms with E-state index in [9.17, 15) is 0 Å². The smallest absolute Gasteiger partial charge is 0.140 e. The number of hydrogen-bond acceptors (Lipinski definition) is 2. The third-order valence-electron chi connectivity index (χ3n) is 5.57. The van der Waals surface area contributed by atoms with Crippen molar-refractivity contribution in [1.29, 1.82) is 0 Å². The topological polar surface area (TPSA) is 21.6 Å². The Morgan fingerprint density at radius 3 is 2.10 bits per heavy atom. The predicted octanol–water partition coefficient (Wildman–Crippen LogP) is 7.33. The monoisotopic (exact) mass is 401 g/mol. The van der Waals surface area contributed by atoms with Crippen molar-refractivity contribution in [3.05, 3.63) is 137 Å². The molecule has 4 aromatic rings. The average Bonchev–Trinajstić information content (AvgIpc) is 2.84. The van der Waals surface area contributed by atoms with Crippen molar-refractivity contribution < 1.29 is 4.74 Å². The lowest BCUT2D eigenvalue weighted by molar-refractivity contribution is 0.489. The van der Waals surface area contributed by atoms with Crippen molar-refractivity contribution in [2.24, 2.45) is 4.99 Å². The Balaban J connectivity index is 1.71. The van der Waals surface area contributed by atoms with Gasteiger partial charge in [0.25, 0.3) is 0 Å².